The fourth-order valence-corrected chi connectivity index (χ4v) is 5.99. The van der Waals surface area contributed by atoms with Crippen LogP contribution >= 0.6 is 11.6 Å². The van der Waals surface area contributed by atoms with Crippen LogP contribution < -0.4 is 5.76 Å². The van der Waals surface area contributed by atoms with Crippen molar-refractivity contribution >= 4 is 28.3 Å². The average Bonchev–Trinajstić information content (AvgIpc) is 3.57. The summed E-state index contributed by atoms with van der Waals surface area (Å²) in [7, 11) is 1.69. The molecule has 1 N–H and O–H groups in total. The molecular weight excluding hydrogens is 528 g/mol. The Morgan fingerprint density at radius 1 is 1.20 bits per heavy atom. The van der Waals surface area contributed by atoms with Gasteiger partial charge < -0.3 is 9.30 Å². The van der Waals surface area contributed by atoms with Crippen LogP contribution in [0.3, 0.4) is 0 Å². The molecule has 4 aromatic rings. The zero-order chi connectivity index (χ0) is 27.6. The number of alkyl halides is 1. The molecule has 1 aromatic carbocycles. The Bertz CT molecular complexity index is 1630. The monoisotopic (exact) mass is 558 g/mol. The van der Waals surface area contributed by atoms with Gasteiger partial charge in [-0.05, 0) is 55.1 Å². The standard InChI is InChI=1S/C30H31ClN6O3/c1-3-18-12-14-19(15-13-18)17-37-24-23(21-10-7-11-22(31)16-21)32-27(28-35-30(38)40-36-28)33-26(24)34-29(37)25(39-2)20-8-5-4-6-9-20/h3-10,16,18-19,22,25H,1,11-15,17H2,2H3,(H,35,36,38). The summed E-state index contributed by atoms with van der Waals surface area (Å²) in [5.41, 5.74) is 3.82. The van der Waals surface area contributed by atoms with Gasteiger partial charge in [-0.2, -0.15) is 0 Å². The highest BCUT2D eigenvalue weighted by Crippen LogP contribution is 2.37. The van der Waals surface area contributed by atoms with E-state index in [4.69, 9.17) is 35.8 Å². The zero-order valence-corrected chi connectivity index (χ0v) is 23.1. The highest BCUT2D eigenvalue weighted by molar-refractivity contribution is 6.22. The molecule has 1 saturated carbocycles. The minimum atomic E-state index is -0.678. The number of nitrogens with zero attached hydrogens (tertiary/aromatic N) is 5. The smallest absolute Gasteiger partial charge is 0.369 e. The maximum absolute atomic E-state index is 11.7. The van der Waals surface area contributed by atoms with Gasteiger partial charge in [-0.3, -0.25) is 9.51 Å². The summed E-state index contributed by atoms with van der Waals surface area (Å²) in [5.74, 6) is 1.45. The second-order valence-corrected chi connectivity index (χ2v) is 11.0. The Kier molecular flexibility index (Phi) is 7.49. The van der Waals surface area contributed by atoms with E-state index in [1.54, 1.807) is 7.11 Å². The minimum absolute atomic E-state index is 0.140. The van der Waals surface area contributed by atoms with Crippen molar-refractivity contribution in [3.8, 4) is 11.6 Å². The first kappa shape index (κ1) is 26.4. The Morgan fingerprint density at radius 3 is 2.67 bits per heavy atom. The van der Waals surface area contributed by atoms with E-state index in [9.17, 15) is 4.79 Å². The molecule has 40 heavy (non-hydrogen) atoms. The van der Waals surface area contributed by atoms with Crippen LogP contribution in [0, 0.1) is 11.8 Å². The van der Waals surface area contributed by atoms with Gasteiger partial charge in [0.1, 0.15) is 23.1 Å². The number of allylic oxidation sites excluding steroid dienone is 5. The molecule has 1 fully saturated rings. The maximum Gasteiger partial charge on any atom is 0.439 e. The summed E-state index contributed by atoms with van der Waals surface area (Å²) in [6, 6.07) is 10.0. The molecule has 3 aromatic heterocycles. The second-order valence-electron chi connectivity index (χ2n) is 10.4. The fourth-order valence-electron chi connectivity index (χ4n) is 5.76. The van der Waals surface area contributed by atoms with Crippen LogP contribution in [0.15, 0.2) is 70.5 Å². The Balaban J connectivity index is 1.57. The summed E-state index contributed by atoms with van der Waals surface area (Å²) < 4.78 is 13.0. The summed E-state index contributed by atoms with van der Waals surface area (Å²) in [6.45, 7) is 4.76. The predicted octanol–water partition coefficient (Wildman–Crippen LogP) is 5.85. The van der Waals surface area contributed by atoms with Gasteiger partial charge in [0.2, 0.25) is 11.6 Å². The zero-order valence-electron chi connectivity index (χ0n) is 22.3. The molecule has 0 aliphatic heterocycles. The summed E-state index contributed by atoms with van der Waals surface area (Å²) in [6.07, 6.45) is 12.9. The van der Waals surface area contributed by atoms with Crippen molar-refractivity contribution in [3.05, 3.63) is 88.8 Å². The van der Waals surface area contributed by atoms with Crippen molar-refractivity contribution in [2.75, 3.05) is 7.11 Å². The van der Waals surface area contributed by atoms with Gasteiger partial charge in [-0.25, -0.2) is 19.7 Å². The minimum Gasteiger partial charge on any atom is -0.369 e. The molecule has 0 amide bonds. The molecule has 0 spiro atoms. The number of hydrogen-bond acceptors (Lipinski definition) is 7. The number of benzene rings is 1. The predicted molar refractivity (Wildman–Crippen MR) is 154 cm³/mol. The van der Waals surface area contributed by atoms with Gasteiger partial charge in [0.05, 0.1) is 5.38 Å². The van der Waals surface area contributed by atoms with Crippen LogP contribution in [0.1, 0.15) is 55.3 Å². The van der Waals surface area contributed by atoms with E-state index in [1.807, 2.05) is 48.6 Å². The van der Waals surface area contributed by atoms with Crippen LogP contribution in [-0.4, -0.2) is 42.1 Å². The lowest BCUT2D eigenvalue weighted by Gasteiger charge is -2.28. The first-order chi connectivity index (χ1) is 19.5. The van der Waals surface area contributed by atoms with E-state index in [0.717, 1.165) is 61.1 Å². The number of ether oxygens (including phenoxy) is 1. The van der Waals surface area contributed by atoms with Crippen molar-refractivity contribution in [2.45, 2.75) is 50.1 Å². The summed E-state index contributed by atoms with van der Waals surface area (Å²) in [4.78, 5) is 29.0. The lowest BCUT2D eigenvalue weighted by Crippen LogP contribution is -2.21. The molecule has 2 unspecified atom stereocenters. The molecule has 9 nitrogen and oxygen atoms in total. The molecule has 2 aliphatic carbocycles. The third kappa shape index (κ3) is 5.19. The quantitative estimate of drug-likeness (QED) is 0.213. The molecular formula is C30H31ClN6O3. The number of rotatable bonds is 8. The largest absolute Gasteiger partial charge is 0.439 e. The van der Waals surface area contributed by atoms with Crippen molar-refractivity contribution in [2.24, 2.45) is 11.8 Å². The molecule has 6 rings (SSSR count). The highest BCUT2D eigenvalue weighted by Gasteiger charge is 2.29. The third-order valence-corrected chi connectivity index (χ3v) is 8.12. The normalized spacial score (nSPS) is 21.9. The van der Waals surface area contributed by atoms with Crippen LogP contribution in [0.5, 0.6) is 0 Å². The van der Waals surface area contributed by atoms with Crippen LogP contribution in [0.2, 0.25) is 0 Å². The van der Waals surface area contributed by atoms with E-state index in [1.165, 1.54) is 0 Å². The van der Waals surface area contributed by atoms with Crippen LogP contribution in [0.4, 0.5) is 0 Å². The number of imidazole rings is 1. The van der Waals surface area contributed by atoms with Crippen molar-refractivity contribution in [1.82, 2.24) is 29.7 Å². The third-order valence-electron chi connectivity index (χ3n) is 7.82. The fraction of sp³-hybridized carbons (Fsp3) is 0.367. The summed E-state index contributed by atoms with van der Waals surface area (Å²) in [5, 5.41) is 3.67. The van der Waals surface area contributed by atoms with Crippen LogP contribution in [0.25, 0.3) is 28.4 Å². The van der Waals surface area contributed by atoms with Crippen molar-refractivity contribution < 1.29 is 9.26 Å². The molecule has 2 aliphatic rings. The number of aromatic nitrogens is 6. The molecule has 2 atom stereocenters. The molecule has 0 radical (unpaired) electrons. The van der Waals surface area contributed by atoms with Crippen LogP contribution in [-0.2, 0) is 11.3 Å². The Morgan fingerprint density at radius 2 is 2.00 bits per heavy atom. The first-order valence-corrected chi connectivity index (χ1v) is 14.0. The number of methoxy groups -OCH3 is 1. The second kappa shape index (κ2) is 11.3. The van der Waals surface area contributed by atoms with Gasteiger partial charge in [0.25, 0.3) is 0 Å². The van der Waals surface area contributed by atoms with E-state index < -0.39 is 11.9 Å². The number of aromatic amines is 1. The number of fused-ring (bicyclic) bond motifs is 1. The highest BCUT2D eigenvalue weighted by atomic mass is 35.5. The lowest BCUT2D eigenvalue weighted by molar-refractivity contribution is 0.124. The van der Waals surface area contributed by atoms with Gasteiger partial charge in [0.15, 0.2) is 5.65 Å². The molecule has 10 heteroatoms. The van der Waals surface area contributed by atoms with Gasteiger partial charge >= 0.3 is 5.76 Å². The molecule has 0 bridgehead atoms. The topological polar surface area (TPSA) is 112 Å². The maximum atomic E-state index is 11.7. The van der Waals surface area contributed by atoms with E-state index in [-0.39, 0.29) is 17.0 Å². The van der Waals surface area contributed by atoms with E-state index >= 15 is 0 Å². The number of hydrogen-bond donors (Lipinski definition) is 1. The SMILES string of the molecule is C=CC1CCC(Cn2c(C(OC)c3ccccc3)nc3nc(-c4noc(=O)[nH]4)nc(C4=CC(Cl)CC=C4)c32)CC1. The van der Waals surface area contributed by atoms with Gasteiger partial charge in [-0.1, -0.05) is 59.8 Å². The molecule has 3 heterocycles. The van der Waals surface area contributed by atoms with Gasteiger partial charge in [0, 0.05) is 13.7 Å². The average molecular weight is 559 g/mol. The number of H-pyrrole nitrogens is 1. The van der Waals surface area contributed by atoms with Gasteiger partial charge in [-0.15, -0.1) is 18.2 Å². The lowest BCUT2D eigenvalue weighted by atomic mass is 9.82. The van der Waals surface area contributed by atoms with E-state index in [0.29, 0.717) is 23.2 Å². The Hall–Kier alpha value is -3.82. The number of nitrogens with one attached hydrogen (secondary N) is 1. The van der Waals surface area contributed by atoms with E-state index in [2.05, 4.69) is 27.4 Å². The molecule has 0 saturated heterocycles. The number of halogens is 1. The van der Waals surface area contributed by atoms with Crippen molar-refractivity contribution in [1.29, 1.82) is 0 Å². The van der Waals surface area contributed by atoms with Crippen molar-refractivity contribution in [3.63, 3.8) is 0 Å². The molecule has 206 valence electrons. The summed E-state index contributed by atoms with van der Waals surface area (Å²) >= 11 is 6.56. The first-order valence-electron chi connectivity index (χ1n) is 13.6. The Labute approximate surface area is 236 Å².